The first-order valence-electron chi connectivity index (χ1n) is 6.69. The zero-order chi connectivity index (χ0) is 14.1. The third kappa shape index (κ3) is 2.31. The highest BCUT2D eigenvalue weighted by molar-refractivity contribution is 5.56. The Bertz CT molecular complexity index is 621. The van der Waals surface area contributed by atoms with Gasteiger partial charge in [-0.3, -0.25) is 0 Å². The van der Waals surface area contributed by atoms with Crippen LogP contribution >= 0.6 is 0 Å². The van der Waals surface area contributed by atoms with Crippen LogP contribution in [0.2, 0.25) is 0 Å². The van der Waals surface area contributed by atoms with Gasteiger partial charge in [-0.2, -0.15) is 4.98 Å². The Kier molecular flexibility index (Phi) is 3.48. The van der Waals surface area contributed by atoms with E-state index in [1.165, 1.54) is 12.1 Å². The van der Waals surface area contributed by atoms with Gasteiger partial charge in [0, 0.05) is 0 Å². The molecular weight excluding hydrogens is 264 g/mol. The van der Waals surface area contributed by atoms with Gasteiger partial charge in [-0.1, -0.05) is 17.6 Å². The van der Waals surface area contributed by atoms with E-state index in [0.717, 1.165) is 25.8 Å². The minimum atomic E-state index is -0.695. The fraction of sp³-hybridized carbons (Fsp3) is 0.429. The molecule has 1 aromatic heterocycles. The fourth-order valence-corrected chi connectivity index (χ4v) is 2.40. The van der Waals surface area contributed by atoms with Crippen LogP contribution < -0.4 is 5.32 Å². The highest BCUT2D eigenvalue weighted by atomic mass is 19.1. The van der Waals surface area contributed by atoms with Gasteiger partial charge in [0.1, 0.15) is 17.2 Å². The summed E-state index contributed by atoms with van der Waals surface area (Å²) >= 11 is 0. The number of halogens is 2. The van der Waals surface area contributed by atoms with Gasteiger partial charge >= 0.3 is 0 Å². The summed E-state index contributed by atoms with van der Waals surface area (Å²) in [6.07, 6.45) is 3.09. The molecule has 1 unspecified atom stereocenters. The number of hydrogen-bond donors (Lipinski definition) is 1. The van der Waals surface area contributed by atoms with E-state index < -0.39 is 11.6 Å². The van der Waals surface area contributed by atoms with Crippen molar-refractivity contribution in [1.82, 2.24) is 15.5 Å². The van der Waals surface area contributed by atoms with Crippen molar-refractivity contribution < 1.29 is 13.3 Å². The zero-order valence-corrected chi connectivity index (χ0v) is 11.1. The molecule has 0 aliphatic carbocycles. The van der Waals surface area contributed by atoms with Crippen molar-refractivity contribution in [2.45, 2.75) is 32.2 Å². The van der Waals surface area contributed by atoms with Crippen LogP contribution in [0.25, 0.3) is 11.5 Å². The number of nitrogens with one attached hydrogen (secondary N) is 1. The largest absolute Gasteiger partial charge is 0.334 e. The van der Waals surface area contributed by atoms with Crippen molar-refractivity contribution in [3.05, 3.63) is 35.2 Å². The van der Waals surface area contributed by atoms with Gasteiger partial charge in [0.15, 0.2) is 5.82 Å². The summed E-state index contributed by atoms with van der Waals surface area (Å²) in [6.45, 7) is 2.46. The second-order valence-electron chi connectivity index (χ2n) is 5.01. The molecule has 2 heterocycles. The first-order valence-corrected chi connectivity index (χ1v) is 6.69. The maximum Gasteiger partial charge on any atom is 0.263 e. The van der Waals surface area contributed by atoms with Crippen LogP contribution in [0.3, 0.4) is 0 Å². The van der Waals surface area contributed by atoms with E-state index in [4.69, 9.17) is 4.52 Å². The van der Waals surface area contributed by atoms with Crippen LogP contribution in [0, 0.1) is 18.6 Å². The number of piperidine rings is 1. The summed E-state index contributed by atoms with van der Waals surface area (Å²) in [4.78, 5) is 4.15. The summed E-state index contributed by atoms with van der Waals surface area (Å²) in [6, 6.07) is 2.59. The molecule has 3 rings (SSSR count). The lowest BCUT2D eigenvalue weighted by Crippen LogP contribution is -2.27. The number of aryl methyl sites for hydroxylation is 1. The van der Waals surface area contributed by atoms with Crippen molar-refractivity contribution >= 4 is 0 Å². The summed E-state index contributed by atoms with van der Waals surface area (Å²) < 4.78 is 32.8. The number of rotatable bonds is 2. The Balaban J connectivity index is 1.96. The van der Waals surface area contributed by atoms with Crippen molar-refractivity contribution in [2.24, 2.45) is 0 Å². The zero-order valence-electron chi connectivity index (χ0n) is 11.1. The van der Waals surface area contributed by atoms with E-state index in [1.54, 1.807) is 6.92 Å². The molecule has 0 saturated carbocycles. The van der Waals surface area contributed by atoms with Crippen molar-refractivity contribution in [2.75, 3.05) is 6.54 Å². The molecule has 2 aromatic rings. The fourth-order valence-electron chi connectivity index (χ4n) is 2.40. The lowest BCUT2D eigenvalue weighted by molar-refractivity contribution is 0.366. The molecule has 1 aliphatic heterocycles. The summed E-state index contributed by atoms with van der Waals surface area (Å²) in [5.74, 6) is -0.997. The van der Waals surface area contributed by atoms with Crippen LogP contribution in [0.5, 0.6) is 0 Å². The smallest absolute Gasteiger partial charge is 0.263 e. The predicted molar refractivity (Wildman–Crippen MR) is 69.0 cm³/mol. The first-order chi connectivity index (χ1) is 9.66. The molecular formula is C14H15F2N3O. The van der Waals surface area contributed by atoms with Crippen molar-refractivity contribution in [1.29, 1.82) is 0 Å². The molecule has 1 aromatic carbocycles. The van der Waals surface area contributed by atoms with Crippen LogP contribution in [0.15, 0.2) is 16.7 Å². The van der Waals surface area contributed by atoms with Gasteiger partial charge in [0.05, 0.1) is 6.04 Å². The second kappa shape index (κ2) is 5.28. The second-order valence-corrected chi connectivity index (χ2v) is 5.01. The maximum atomic E-state index is 14.0. The topological polar surface area (TPSA) is 51.0 Å². The van der Waals surface area contributed by atoms with E-state index in [2.05, 4.69) is 15.5 Å². The minimum Gasteiger partial charge on any atom is -0.334 e. The normalized spacial score (nSPS) is 19.2. The van der Waals surface area contributed by atoms with E-state index >= 15 is 0 Å². The number of aromatic nitrogens is 2. The predicted octanol–water partition coefficient (Wildman–Crippen LogP) is 3.14. The SMILES string of the molecule is Cc1ccc(F)c(-c2nc(C3CCCCN3)no2)c1F. The Morgan fingerprint density at radius 1 is 1.30 bits per heavy atom. The molecule has 106 valence electrons. The Morgan fingerprint density at radius 3 is 2.90 bits per heavy atom. The average molecular weight is 279 g/mol. The molecule has 1 atom stereocenters. The summed E-state index contributed by atoms with van der Waals surface area (Å²) in [5, 5.41) is 7.11. The average Bonchev–Trinajstić information content (AvgIpc) is 2.94. The van der Waals surface area contributed by atoms with E-state index in [9.17, 15) is 8.78 Å². The molecule has 0 amide bonds. The van der Waals surface area contributed by atoms with Crippen molar-refractivity contribution in [3.63, 3.8) is 0 Å². The Labute approximate surface area is 115 Å². The summed E-state index contributed by atoms with van der Waals surface area (Å²) in [7, 11) is 0. The number of nitrogens with zero attached hydrogens (tertiary/aromatic N) is 2. The van der Waals surface area contributed by atoms with Gasteiger partial charge < -0.3 is 9.84 Å². The third-order valence-electron chi connectivity index (χ3n) is 3.56. The number of benzene rings is 1. The molecule has 0 bridgehead atoms. The maximum absolute atomic E-state index is 14.0. The van der Waals surface area contributed by atoms with Gasteiger partial charge in [-0.25, -0.2) is 8.78 Å². The van der Waals surface area contributed by atoms with Crippen LogP contribution in [-0.4, -0.2) is 16.7 Å². The highest BCUT2D eigenvalue weighted by Gasteiger charge is 2.24. The molecule has 0 spiro atoms. The monoisotopic (exact) mass is 279 g/mol. The minimum absolute atomic E-state index is 0.00261. The van der Waals surface area contributed by atoms with E-state index in [1.807, 2.05) is 0 Å². The summed E-state index contributed by atoms with van der Waals surface area (Å²) in [5.41, 5.74) is 0.0940. The molecule has 4 nitrogen and oxygen atoms in total. The highest BCUT2D eigenvalue weighted by Crippen LogP contribution is 2.28. The standard InChI is InChI=1S/C14H15F2N3O/c1-8-5-6-9(15)11(12(8)16)14-18-13(19-20-14)10-4-2-3-7-17-10/h5-6,10,17H,2-4,7H2,1H3. The molecule has 6 heteroatoms. The Morgan fingerprint density at radius 2 is 2.15 bits per heavy atom. The van der Waals surface area contributed by atoms with Crippen LogP contribution in [0.4, 0.5) is 8.78 Å². The van der Waals surface area contributed by atoms with E-state index in [-0.39, 0.29) is 17.5 Å². The van der Waals surface area contributed by atoms with Gasteiger partial charge in [0.25, 0.3) is 5.89 Å². The van der Waals surface area contributed by atoms with Crippen LogP contribution in [0.1, 0.15) is 36.7 Å². The Hall–Kier alpha value is -1.82. The van der Waals surface area contributed by atoms with Gasteiger partial charge in [-0.15, -0.1) is 0 Å². The molecule has 1 aliphatic rings. The molecule has 1 N–H and O–H groups in total. The first kappa shape index (κ1) is 13.2. The molecule has 1 fully saturated rings. The van der Waals surface area contributed by atoms with Crippen molar-refractivity contribution in [3.8, 4) is 11.5 Å². The van der Waals surface area contributed by atoms with Crippen LogP contribution in [-0.2, 0) is 0 Å². The third-order valence-corrected chi connectivity index (χ3v) is 3.56. The lowest BCUT2D eigenvalue weighted by atomic mass is 10.0. The lowest BCUT2D eigenvalue weighted by Gasteiger charge is -2.19. The van der Waals surface area contributed by atoms with Gasteiger partial charge in [0.2, 0.25) is 0 Å². The molecule has 0 radical (unpaired) electrons. The molecule has 20 heavy (non-hydrogen) atoms. The molecule has 1 saturated heterocycles. The van der Waals surface area contributed by atoms with E-state index in [0.29, 0.717) is 11.4 Å². The van der Waals surface area contributed by atoms with Gasteiger partial charge in [-0.05, 0) is 37.9 Å². The number of hydrogen-bond acceptors (Lipinski definition) is 4. The quantitative estimate of drug-likeness (QED) is 0.917.